The summed E-state index contributed by atoms with van der Waals surface area (Å²) in [5.74, 6) is -1.08. The summed E-state index contributed by atoms with van der Waals surface area (Å²) in [6.07, 6.45) is 0.703. The molecule has 0 radical (unpaired) electrons. The third-order valence-corrected chi connectivity index (χ3v) is 13.8. The van der Waals surface area contributed by atoms with E-state index in [0.29, 0.717) is 74.6 Å². The number of carbonyl (C=O) groups excluding carboxylic acids is 2. The fraction of sp³-hybridized carbons (Fsp3) is 0.0545. The lowest BCUT2D eigenvalue weighted by molar-refractivity contribution is 0.0944. The molecule has 0 saturated heterocycles. The van der Waals surface area contributed by atoms with Crippen molar-refractivity contribution in [3.63, 3.8) is 0 Å². The van der Waals surface area contributed by atoms with Gasteiger partial charge in [-0.15, -0.1) is 0 Å². The van der Waals surface area contributed by atoms with Crippen molar-refractivity contribution in [2.75, 3.05) is 6.54 Å². The maximum Gasteiger partial charge on any atom is 0.251 e. The summed E-state index contributed by atoms with van der Waals surface area (Å²) in [6, 6.07) is 54.7. The van der Waals surface area contributed by atoms with Crippen LogP contribution in [0.3, 0.4) is 0 Å². The third-order valence-electron chi connectivity index (χ3n) is 10.9. The summed E-state index contributed by atoms with van der Waals surface area (Å²) in [4.78, 5) is 39.2. The van der Waals surface area contributed by atoms with Crippen LogP contribution >= 0.6 is 46.7 Å². The van der Waals surface area contributed by atoms with Crippen LogP contribution in [-0.4, -0.2) is 29.8 Å². The molecule has 0 saturated carbocycles. The standard InChI is InChI=1S/C28H20ClFN2OS.C27H18ClFN2OS/c29-20-12-9-18(10-13-20)15-16-31-28(33)19-11-14-26-24(17-19)32-27(21-5-1-3-7-23(21)30)22-6-2-4-8-25(22)34-26;28-21-10-4-1-7-18(21)16-30-27(32)17-13-14-25-23(15-17)31-26(19-8-2-5-11-22(19)29)20-9-3-6-12-24(20)33-25/h1-14,17H,15-16H2,(H,31,33);1-15H,16H2,(H,30,32). The predicted molar refractivity (Wildman–Crippen MR) is 268 cm³/mol. The van der Waals surface area contributed by atoms with E-state index in [4.69, 9.17) is 33.2 Å². The quantitative estimate of drug-likeness (QED) is 0.151. The molecule has 0 spiro atoms. The zero-order valence-corrected chi connectivity index (χ0v) is 38.6. The molecule has 2 amide bonds. The molecular weight excluding hydrogens is 922 g/mol. The predicted octanol–water partition coefficient (Wildman–Crippen LogP) is 14.1. The van der Waals surface area contributed by atoms with E-state index in [9.17, 15) is 18.4 Å². The highest BCUT2D eigenvalue weighted by Gasteiger charge is 2.23. The summed E-state index contributed by atoms with van der Waals surface area (Å²) < 4.78 is 29.4. The Balaban J connectivity index is 0.000000168. The van der Waals surface area contributed by atoms with Crippen LogP contribution in [0.15, 0.2) is 212 Å². The average molecular weight is 960 g/mol. The highest BCUT2D eigenvalue weighted by molar-refractivity contribution is 7.99. The van der Waals surface area contributed by atoms with Crippen LogP contribution in [0.25, 0.3) is 0 Å². The van der Waals surface area contributed by atoms with Crippen LogP contribution in [0.1, 0.15) is 54.1 Å². The SMILES string of the molecule is O=C(NCCc1ccc(Cl)cc1)c1ccc2c(c1)N=C(c1ccccc1F)c1ccccc1S2.O=C(NCc1ccccc1Cl)c1ccc2c(c1)N=C(c1ccccc1F)c1ccccc1S2. The van der Waals surface area contributed by atoms with Gasteiger partial charge in [-0.3, -0.25) is 9.59 Å². The first-order chi connectivity index (χ1) is 32.7. The van der Waals surface area contributed by atoms with Gasteiger partial charge in [-0.25, -0.2) is 18.8 Å². The Hall–Kier alpha value is -6.82. The summed E-state index contributed by atoms with van der Waals surface area (Å²) in [5.41, 5.74) is 7.87. The number of aliphatic imine (C=N–C) groups is 2. The van der Waals surface area contributed by atoms with Gasteiger partial charge in [-0.05, 0) is 109 Å². The van der Waals surface area contributed by atoms with E-state index in [0.717, 1.165) is 41.8 Å². The van der Waals surface area contributed by atoms with Gasteiger partial charge in [0.15, 0.2) is 0 Å². The Morgan fingerprint density at radius 3 is 1.48 bits per heavy atom. The van der Waals surface area contributed by atoms with Crippen molar-refractivity contribution in [2.24, 2.45) is 9.98 Å². The molecule has 67 heavy (non-hydrogen) atoms. The fourth-order valence-corrected chi connectivity index (χ4v) is 9.81. The summed E-state index contributed by atoms with van der Waals surface area (Å²) in [5, 5.41) is 7.17. The van der Waals surface area contributed by atoms with Crippen molar-refractivity contribution in [2.45, 2.75) is 32.5 Å². The number of benzene rings is 8. The molecule has 2 heterocycles. The van der Waals surface area contributed by atoms with Gasteiger partial charge in [0.2, 0.25) is 0 Å². The molecule has 0 fully saturated rings. The lowest BCUT2D eigenvalue weighted by atomic mass is 10.0. The van der Waals surface area contributed by atoms with Gasteiger partial charge in [-0.1, -0.05) is 138 Å². The molecular formula is C55H38Cl2F2N4O2S2. The Morgan fingerprint density at radius 2 is 0.955 bits per heavy atom. The number of amides is 2. The van der Waals surface area contributed by atoms with Gasteiger partial charge in [0, 0.05) is 76.1 Å². The molecule has 0 aliphatic carbocycles. The average Bonchev–Trinajstić information content (AvgIpc) is 3.62. The number of nitrogens with one attached hydrogen (secondary N) is 2. The topological polar surface area (TPSA) is 82.9 Å². The monoisotopic (exact) mass is 958 g/mol. The molecule has 2 aliphatic heterocycles. The van der Waals surface area contributed by atoms with Crippen LogP contribution in [0, 0.1) is 11.6 Å². The number of hydrogen-bond acceptors (Lipinski definition) is 6. The minimum Gasteiger partial charge on any atom is -0.352 e. The van der Waals surface area contributed by atoms with Gasteiger partial charge >= 0.3 is 0 Å². The van der Waals surface area contributed by atoms with Gasteiger partial charge in [-0.2, -0.15) is 0 Å². The second-order valence-corrected chi connectivity index (χ2v) is 18.4. The molecule has 12 heteroatoms. The number of hydrogen-bond donors (Lipinski definition) is 2. The number of carbonyl (C=O) groups is 2. The molecule has 6 nitrogen and oxygen atoms in total. The highest BCUT2D eigenvalue weighted by Crippen LogP contribution is 2.43. The minimum absolute atomic E-state index is 0.175. The van der Waals surface area contributed by atoms with Crippen LogP contribution in [-0.2, 0) is 13.0 Å². The van der Waals surface area contributed by atoms with Crippen molar-refractivity contribution in [3.8, 4) is 0 Å². The maximum absolute atomic E-state index is 14.7. The lowest BCUT2D eigenvalue weighted by Crippen LogP contribution is -2.25. The lowest BCUT2D eigenvalue weighted by Gasteiger charge is -2.09. The van der Waals surface area contributed by atoms with E-state index in [2.05, 4.69) is 10.6 Å². The molecule has 10 rings (SSSR count). The van der Waals surface area contributed by atoms with E-state index in [1.54, 1.807) is 90.3 Å². The molecule has 0 unspecified atom stereocenters. The molecule has 2 N–H and O–H groups in total. The molecule has 8 aromatic rings. The normalized spacial score (nSPS) is 12.2. The summed E-state index contributed by atoms with van der Waals surface area (Å²) >= 11 is 15.2. The second-order valence-electron chi connectivity index (χ2n) is 15.3. The van der Waals surface area contributed by atoms with E-state index in [-0.39, 0.29) is 23.4 Å². The molecule has 0 bridgehead atoms. The van der Waals surface area contributed by atoms with Crippen molar-refractivity contribution in [1.29, 1.82) is 0 Å². The van der Waals surface area contributed by atoms with E-state index in [1.807, 2.05) is 103 Å². The van der Waals surface area contributed by atoms with Crippen molar-refractivity contribution in [3.05, 3.63) is 248 Å². The van der Waals surface area contributed by atoms with E-state index >= 15 is 0 Å². The number of rotatable bonds is 9. The largest absolute Gasteiger partial charge is 0.352 e. The van der Waals surface area contributed by atoms with Gasteiger partial charge < -0.3 is 10.6 Å². The minimum atomic E-state index is -0.340. The number of halogens is 4. The van der Waals surface area contributed by atoms with E-state index < -0.39 is 0 Å². The van der Waals surface area contributed by atoms with Crippen molar-refractivity contribution < 1.29 is 18.4 Å². The molecule has 2 aliphatic rings. The Labute approximate surface area is 405 Å². The number of nitrogens with zero attached hydrogens (tertiary/aromatic N) is 2. The van der Waals surface area contributed by atoms with Crippen LogP contribution < -0.4 is 10.6 Å². The molecule has 0 atom stereocenters. The van der Waals surface area contributed by atoms with Crippen molar-refractivity contribution in [1.82, 2.24) is 10.6 Å². The second kappa shape index (κ2) is 20.8. The van der Waals surface area contributed by atoms with E-state index in [1.165, 1.54) is 12.1 Å². The summed E-state index contributed by atoms with van der Waals surface area (Å²) in [7, 11) is 0. The first-order valence-electron chi connectivity index (χ1n) is 21.2. The zero-order chi connectivity index (χ0) is 46.3. The first kappa shape index (κ1) is 45.3. The Bertz CT molecular complexity index is 3230. The Kier molecular flexibility index (Phi) is 14.1. The first-order valence-corrected chi connectivity index (χ1v) is 23.6. The molecule has 8 aromatic carbocycles. The smallest absolute Gasteiger partial charge is 0.251 e. The van der Waals surface area contributed by atoms with Gasteiger partial charge in [0.1, 0.15) is 11.6 Å². The van der Waals surface area contributed by atoms with Crippen molar-refractivity contribution >= 4 is 81.3 Å². The van der Waals surface area contributed by atoms with Gasteiger partial charge in [0.25, 0.3) is 11.8 Å². The maximum atomic E-state index is 14.7. The molecule has 0 aromatic heterocycles. The van der Waals surface area contributed by atoms with Crippen LogP contribution in [0.2, 0.25) is 10.0 Å². The fourth-order valence-electron chi connectivity index (χ4n) is 7.48. The molecule has 330 valence electrons. The number of fused-ring (bicyclic) bond motifs is 4. The van der Waals surface area contributed by atoms with Gasteiger partial charge in [0.05, 0.1) is 22.8 Å². The Morgan fingerprint density at radius 1 is 0.493 bits per heavy atom. The third kappa shape index (κ3) is 10.6. The summed E-state index contributed by atoms with van der Waals surface area (Å²) in [6.45, 7) is 0.820. The van der Waals surface area contributed by atoms with Crippen LogP contribution in [0.5, 0.6) is 0 Å². The highest BCUT2D eigenvalue weighted by atomic mass is 35.5. The zero-order valence-electron chi connectivity index (χ0n) is 35.5. The van der Waals surface area contributed by atoms with Crippen LogP contribution in [0.4, 0.5) is 20.2 Å².